The maximum absolute atomic E-state index is 12.6. The summed E-state index contributed by atoms with van der Waals surface area (Å²) in [4.78, 5) is 26.6. The molecule has 0 aliphatic carbocycles. The van der Waals surface area contributed by atoms with E-state index in [4.69, 9.17) is 4.43 Å². The number of thioether (sulfide) groups is 2. The molecule has 3 aliphatic heterocycles. The van der Waals surface area contributed by atoms with Crippen molar-refractivity contribution in [3.8, 4) is 0 Å². The van der Waals surface area contributed by atoms with Gasteiger partial charge in [0.05, 0.1) is 23.3 Å². The summed E-state index contributed by atoms with van der Waals surface area (Å²) in [6.45, 7) is 8.28. The highest BCUT2D eigenvalue weighted by Crippen LogP contribution is 2.54. The molecule has 0 spiro atoms. The van der Waals surface area contributed by atoms with Gasteiger partial charge in [0.2, 0.25) is 5.91 Å². The van der Waals surface area contributed by atoms with E-state index in [1.165, 1.54) is 4.90 Å². The molecule has 3 rings (SSSR count). The molecule has 8 heteroatoms. The summed E-state index contributed by atoms with van der Waals surface area (Å²) in [7, 11) is -1.73. The van der Waals surface area contributed by atoms with E-state index in [-0.39, 0.29) is 34.9 Å². The van der Waals surface area contributed by atoms with Crippen LogP contribution in [0.4, 0.5) is 0 Å². The van der Waals surface area contributed by atoms with Crippen LogP contribution in [0.15, 0.2) is 10.6 Å². The largest absolute Gasteiger partial charge is 0.477 e. The van der Waals surface area contributed by atoms with Crippen LogP contribution in [0, 0.1) is 5.92 Å². The Morgan fingerprint density at radius 3 is 2.68 bits per heavy atom. The first kappa shape index (κ1) is 16.4. The van der Waals surface area contributed by atoms with Gasteiger partial charge in [0.25, 0.3) is 0 Å². The molecular formula is C14H21NO4S2Si. The van der Waals surface area contributed by atoms with Crippen molar-refractivity contribution in [3.63, 3.8) is 0 Å². The smallest absolute Gasteiger partial charge is 0.353 e. The summed E-state index contributed by atoms with van der Waals surface area (Å²) in [5.74, 6) is 0.627. The molecule has 0 aromatic carbocycles. The van der Waals surface area contributed by atoms with Crippen molar-refractivity contribution in [2.75, 3.05) is 11.5 Å². The number of hydrogen-bond acceptors (Lipinski definition) is 5. The number of amides is 1. The highest BCUT2D eigenvalue weighted by molar-refractivity contribution is 8.09. The quantitative estimate of drug-likeness (QED) is 0.613. The molecule has 1 N–H and O–H groups in total. The molecule has 0 unspecified atom stereocenters. The van der Waals surface area contributed by atoms with Crippen LogP contribution in [0.5, 0.6) is 0 Å². The number of carboxylic acids is 1. The van der Waals surface area contributed by atoms with Crippen molar-refractivity contribution < 1.29 is 19.1 Å². The Bertz CT molecular complexity index is 560. The van der Waals surface area contributed by atoms with E-state index in [1.807, 2.05) is 6.92 Å². The van der Waals surface area contributed by atoms with Gasteiger partial charge in [0.15, 0.2) is 8.32 Å². The molecule has 0 aromatic rings. The Morgan fingerprint density at radius 1 is 1.41 bits per heavy atom. The number of carboxylic acid groups (broad SMARTS) is 1. The van der Waals surface area contributed by atoms with Gasteiger partial charge in [0, 0.05) is 16.4 Å². The average Bonchev–Trinajstić information content (AvgIpc) is 2.68. The van der Waals surface area contributed by atoms with E-state index in [2.05, 4.69) is 19.6 Å². The van der Waals surface area contributed by atoms with E-state index >= 15 is 0 Å². The van der Waals surface area contributed by atoms with Gasteiger partial charge in [-0.15, -0.1) is 11.8 Å². The molecule has 3 aliphatic rings. The zero-order valence-electron chi connectivity index (χ0n) is 13.2. The number of rotatable bonds is 4. The first-order chi connectivity index (χ1) is 10.2. The average molecular weight is 360 g/mol. The van der Waals surface area contributed by atoms with Crippen molar-refractivity contribution >= 4 is 43.7 Å². The third-order valence-corrected chi connectivity index (χ3v) is 8.08. The molecule has 2 saturated heterocycles. The predicted molar refractivity (Wildman–Crippen MR) is 91.4 cm³/mol. The van der Waals surface area contributed by atoms with E-state index in [0.717, 1.165) is 16.4 Å². The van der Waals surface area contributed by atoms with Crippen LogP contribution in [-0.2, 0) is 14.0 Å². The van der Waals surface area contributed by atoms with Crippen molar-refractivity contribution in [2.45, 2.75) is 44.0 Å². The number of hydrogen-bond donors (Lipinski definition) is 1. The van der Waals surface area contributed by atoms with E-state index in [1.54, 1.807) is 23.5 Å². The monoisotopic (exact) mass is 359 g/mol. The molecule has 0 bridgehead atoms. The Morgan fingerprint density at radius 2 is 2.09 bits per heavy atom. The number of nitrogens with zero attached hydrogens (tertiary/aromatic N) is 1. The van der Waals surface area contributed by atoms with Gasteiger partial charge in [-0.05, 0) is 26.6 Å². The lowest BCUT2D eigenvalue weighted by molar-refractivity contribution is -0.160. The third kappa shape index (κ3) is 2.53. The molecule has 0 saturated carbocycles. The van der Waals surface area contributed by atoms with E-state index < -0.39 is 14.3 Å². The standard InChI is InChI=1S/C14H21NO4S2Si/c1-7(19-22(2,3)4)8-9-11-12(21-6-5-20-11)10(14(17)18)15(9)13(8)16/h7-9,11H,5-6H2,1-4H3,(H,17,18)/t7-,8-,9+,11+/m1/s1. The van der Waals surface area contributed by atoms with Crippen molar-refractivity contribution in [1.29, 1.82) is 0 Å². The summed E-state index contributed by atoms with van der Waals surface area (Å²) < 4.78 is 6.11. The summed E-state index contributed by atoms with van der Waals surface area (Å²) in [5, 5.41) is 9.62. The minimum atomic E-state index is -1.73. The van der Waals surface area contributed by atoms with Crippen LogP contribution in [0.2, 0.25) is 19.6 Å². The van der Waals surface area contributed by atoms with Crippen LogP contribution in [0.25, 0.3) is 0 Å². The van der Waals surface area contributed by atoms with Gasteiger partial charge >= 0.3 is 5.97 Å². The number of aliphatic carboxylic acids is 1. The molecule has 5 nitrogen and oxygen atoms in total. The number of carbonyl (C=O) groups is 2. The number of carbonyl (C=O) groups excluding carboxylic acids is 1. The Balaban J connectivity index is 1.87. The van der Waals surface area contributed by atoms with Crippen molar-refractivity contribution in [2.24, 2.45) is 5.92 Å². The van der Waals surface area contributed by atoms with Gasteiger partial charge in [-0.1, -0.05) is 0 Å². The zero-order valence-corrected chi connectivity index (χ0v) is 15.8. The van der Waals surface area contributed by atoms with Crippen molar-refractivity contribution in [1.82, 2.24) is 4.90 Å². The Labute approximate surface area is 140 Å². The molecular weight excluding hydrogens is 338 g/mol. The van der Waals surface area contributed by atoms with Gasteiger partial charge in [0.1, 0.15) is 5.70 Å². The molecule has 0 radical (unpaired) electrons. The summed E-state index contributed by atoms with van der Waals surface area (Å²) in [5.41, 5.74) is 0.216. The van der Waals surface area contributed by atoms with Gasteiger partial charge in [-0.3, -0.25) is 9.69 Å². The van der Waals surface area contributed by atoms with Crippen LogP contribution in [0.1, 0.15) is 6.92 Å². The van der Waals surface area contributed by atoms with Gasteiger partial charge in [-0.2, -0.15) is 11.8 Å². The maximum Gasteiger partial charge on any atom is 0.353 e. The highest BCUT2D eigenvalue weighted by atomic mass is 32.2. The second-order valence-electron chi connectivity index (χ2n) is 6.82. The number of β-lactam (4-membered cyclic amide) rings is 1. The first-order valence-electron chi connectivity index (χ1n) is 7.45. The minimum Gasteiger partial charge on any atom is -0.477 e. The fourth-order valence-electron chi connectivity index (χ4n) is 3.49. The fourth-order valence-corrected chi connectivity index (χ4v) is 7.73. The molecule has 122 valence electrons. The second-order valence-corrected chi connectivity index (χ2v) is 13.7. The molecule has 1 amide bonds. The van der Waals surface area contributed by atoms with Crippen LogP contribution in [0.3, 0.4) is 0 Å². The second kappa shape index (κ2) is 5.57. The predicted octanol–water partition coefficient (Wildman–Crippen LogP) is 2.21. The molecule has 0 aromatic heterocycles. The topological polar surface area (TPSA) is 66.8 Å². The first-order valence-corrected chi connectivity index (χ1v) is 12.9. The SMILES string of the molecule is C[C@@H](O[Si](C)(C)C)[C@H]1C(=O)N2C(C(=O)O)=C3SCCS[C@H]3[C@H]12. The Kier molecular flexibility index (Phi) is 4.16. The fraction of sp³-hybridized carbons (Fsp3) is 0.714. The number of fused-ring (bicyclic) bond motifs is 3. The maximum atomic E-state index is 12.6. The van der Waals surface area contributed by atoms with Crippen LogP contribution < -0.4 is 0 Å². The zero-order chi connectivity index (χ0) is 16.2. The third-order valence-electron chi connectivity index (χ3n) is 4.12. The summed E-state index contributed by atoms with van der Waals surface area (Å²) >= 11 is 3.38. The summed E-state index contributed by atoms with van der Waals surface area (Å²) in [6.07, 6.45) is -0.151. The minimum absolute atomic E-state index is 0.0438. The van der Waals surface area contributed by atoms with Crippen LogP contribution in [-0.4, -0.2) is 59.1 Å². The lowest BCUT2D eigenvalue weighted by Crippen LogP contribution is -2.65. The summed E-state index contributed by atoms with van der Waals surface area (Å²) in [6, 6.07) is -0.0438. The molecule has 22 heavy (non-hydrogen) atoms. The van der Waals surface area contributed by atoms with Gasteiger partial charge < -0.3 is 9.53 Å². The van der Waals surface area contributed by atoms with Crippen LogP contribution >= 0.6 is 23.5 Å². The van der Waals surface area contributed by atoms with E-state index in [9.17, 15) is 14.7 Å². The van der Waals surface area contributed by atoms with Gasteiger partial charge in [-0.25, -0.2) is 4.79 Å². The highest BCUT2D eigenvalue weighted by Gasteiger charge is 2.62. The normalized spacial score (nSPS) is 32.5. The molecule has 4 atom stereocenters. The Hall–Kier alpha value is -0.443. The lowest BCUT2D eigenvalue weighted by atomic mass is 9.83. The van der Waals surface area contributed by atoms with E-state index in [0.29, 0.717) is 0 Å². The lowest BCUT2D eigenvalue weighted by Gasteiger charge is -2.48. The molecule has 2 fully saturated rings. The molecule has 3 heterocycles. The van der Waals surface area contributed by atoms with Crippen molar-refractivity contribution in [3.05, 3.63) is 10.6 Å².